The Morgan fingerprint density at radius 2 is 2.10 bits per heavy atom. The van der Waals surface area contributed by atoms with E-state index in [-0.39, 0.29) is 23.4 Å². The van der Waals surface area contributed by atoms with Crippen molar-refractivity contribution in [1.29, 1.82) is 5.26 Å². The summed E-state index contributed by atoms with van der Waals surface area (Å²) in [5.74, 6) is -0.116. The monoisotopic (exact) mass is 422 g/mol. The zero-order chi connectivity index (χ0) is 22.0. The van der Waals surface area contributed by atoms with E-state index in [1.165, 1.54) is 6.92 Å². The second-order valence-corrected chi connectivity index (χ2v) is 8.24. The zero-order valence-corrected chi connectivity index (χ0v) is 17.6. The number of amidine groups is 1. The molecule has 0 saturated carbocycles. The standard InChI is InChI=1S/C22H27FN8/c1-13(25)20(23)21(26)29-19-12-18-17(4-2-8-27-18)22(30-19)28-14-10-15-5-6-16(11-14)31(15)9-3-7-24/h2,4,8,12,14-16H,3,5-6,9-11,25H2,1H3,(H3,26,28,29,30)/b20-13+/t14?,15-,16+. The van der Waals surface area contributed by atoms with Gasteiger partial charge < -0.3 is 16.8 Å². The average Bonchev–Trinajstić information content (AvgIpc) is 2.99. The first kappa shape index (κ1) is 21.0. The van der Waals surface area contributed by atoms with Crippen LogP contribution in [0.1, 0.15) is 39.0 Å². The number of nitrogens with one attached hydrogen (secondary N) is 1. The van der Waals surface area contributed by atoms with Crippen LogP contribution in [0.4, 0.5) is 16.0 Å². The van der Waals surface area contributed by atoms with E-state index >= 15 is 0 Å². The molecule has 5 N–H and O–H groups in total. The van der Waals surface area contributed by atoms with Gasteiger partial charge in [0, 0.05) is 54.4 Å². The summed E-state index contributed by atoms with van der Waals surface area (Å²) >= 11 is 0. The van der Waals surface area contributed by atoms with E-state index in [9.17, 15) is 4.39 Å². The fourth-order valence-electron chi connectivity index (χ4n) is 4.73. The lowest BCUT2D eigenvalue weighted by Gasteiger charge is -2.39. The average molecular weight is 423 g/mol. The number of pyridine rings is 2. The highest BCUT2D eigenvalue weighted by atomic mass is 19.1. The van der Waals surface area contributed by atoms with Gasteiger partial charge in [0.1, 0.15) is 5.82 Å². The number of hydrogen-bond acceptors (Lipinski definition) is 7. The maximum Gasteiger partial charge on any atom is 0.183 e. The van der Waals surface area contributed by atoms with Gasteiger partial charge in [-0.25, -0.2) is 14.4 Å². The van der Waals surface area contributed by atoms with Crippen molar-refractivity contribution in [3.63, 3.8) is 0 Å². The van der Waals surface area contributed by atoms with E-state index in [1.807, 2.05) is 12.1 Å². The zero-order valence-electron chi connectivity index (χ0n) is 17.6. The maximum atomic E-state index is 14.0. The molecule has 31 heavy (non-hydrogen) atoms. The first-order chi connectivity index (χ1) is 15.0. The predicted molar refractivity (Wildman–Crippen MR) is 119 cm³/mol. The highest BCUT2D eigenvalue weighted by Gasteiger charge is 2.40. The Labute approximate surface area is 180 Å². The molecule has 2 saturated heterocycles. The van der Waals surface area contributed by atoms with Crippen molar-refractivity contribution in [2.75, 3.05) is 11.9 Å². The van der Waals surface area contributed by atoms with Gasteiger partial charge in [-0.2, -0.15) is 5.26 Å². The summed E-state index contributed by atoms with van der Waals surface area (Å²) in [6.07, 6.45) is 6.57. The molecule has 3 atom stereocenters. The molecule has 8 nitrogen and oxygen atoms in total. The molecule has 4 heterocycles. The van der Waals surface area contributed by atoms with Crippen LogP contribution >= 0.6 is 0 Å². The Morgan fingerprint density at radius 1 is 1.35 bits per heavy atom. The third kappa shape index (κ3) is 4.44. The molecular weight excluding hydrogens is 395 g/mol. The second-order valence-electron chi connectivity index (χ2n) is 8.24. The first-order valence-corrected chi connectivity index (χ1v) is 10.6. The van der Waals surface area contributed by atoms with E-state index in [0.717, 1.165) is 37.6 Å². The van der Waals surface area contributed by atoms with Crippen LogP contribution < -0.4 is 16.8 Å². The lowest BCUT2D eigenvalue weighted by atomic mass is 9.97. The third-order valence-electron chi connectivity index (χ3n) is 6.10. The number of halogens is 1. The Kier molecular flexibility index (Phi) is 6.00. The van der Waals surface area contributed by atoms with Crippen molar-refractivity contribution in [3.8, 4) is 6.07 Å². The number of rotatable bonds is 6. The lowest BCUT2D eigenvalue weighted by Crippen LogP contribution is -2.47. The van der Waals surface area contributed by atoms with Crippen LogP contribution in [-0.2, 0) is 0 Å². The molecule has 0 radical (unpaired) electrons. The third-order valence-corrected chi connectivity index (χ3v) is 6.10. The number of fused-ring (bicyclic) bond motifs is 3. The molecule has 2 aromatic heterocycles. The van der Waals surface area contributed by atoms with Crippen molar-refractivity contribution < 1.29 is 4.39 Å². The van der Waals surface area contributed by atoms with Crippen LogP contribution in [0.2, 0.25) is 0 Å². The molecule has 2 bridgehead atoms. The number of aliphatic imine (C=N–C) groups is 1. The number of nitrogens with two attached hydrogens (primary N) is 2. The molecule has 9 heteroatoms. The van der Waals surface area contributed by atoms with E-state index in [0.29, 0.717) is 29.8 Å². The van der Waals surface area contributed by atoms with Crippen molar-refractivity contribution in [2.45, 2.75) is 57.2 Å². The first-order valence-electron chi connectivity index (χ1n) is 10.6. The van der Waals surface area contributed by atoms with Crippen LogP contribution in [0.5, 0.6) is 0 Å². The molecule has 2 aromatic rings. The molecule has 162 valence electrons. The number of aromatic nitrogens is 2. The van der Waals surface area contributed by atoms with Crippen LogP contribution in [0.3, 0.4) is 0 Å². The summed E-state index contributed by atoms with van der Waals surface area (Å²) in [7, 11) is 0. The van der Waals surface area contributed by atoms with Gasteiger partial charge in [0.2, 0.25) is 0 Å². The number of nitrogens with zero attached hydrogens (tertiary/aromatic N) is 5. The minimum atomic E-state index is -0.751. The summed E-state index contributed by atoms with van der Waals surface area (Å²) in [6.45, 7) is 2.27. The summed E-state index contributed by atoms with van der Waals surface area (Å²) in [5.41, 5.74) is 11.9. The largest absolute Gasteiger partial charge is 0.400 e. The van der Waals surface area contributed by atoms with Crippen LogP contribution in [-0.4, -0.2) is 45.4 Å². The van der Waals surface area contributed by atoms with Gasteiger partial charge in [-0.3, -0.25) is 9.88 Å². The Bertz CT molecular complexity index is 1050. The smallest absolute Gasteiger partial charge is 0.183 e. The summed E-state index contributed by atoms with van der Waals surface area (Å²) in [5, 5.41) is 13.4. The lowest BCUT2D eigenvalue weighted by molar-refractivity contribution is 0.136. The van der Waals surface area contributed by atoms with Gasteiger partial charge in [-0.15, -0.1) is 0 Å². The molecule has 2 aliphatic heterocycles. The number of piperidine rings is 1. The minimum absolute atomic E-state index is 0.0304. The minimum Gasteiger partial charge on any atom is -0.400 e. The van der Waals surface area contributed by atoms with Gasteiger partial charge in [0.25, 0.3) is 0 Å². The van der Waals surface area contributed by atoms with Crippen molar-refractivity contribution >= 4 is 28.4 Å². The Morgan fingerprint density at radius 3 is 2.77 bits per heavy atom. The number of anilines is 1. The topological polar surface area (TPSA) is 129 Å². The molecule has 0 spiro atoms. The fraction of sp³-hybridized carbons (Fsp3) is 0.455. The van der Waals surface area contributed by atoms with Crippen molar-refractivity contribution in [2.24, 2.45) is 16.5 Å². The Hall–Kier alpha value is -3.25. The van der Waals surface area contributed by atoms with E-state index in [1.54, 1.807) is 12.3 Å². The van der Waals surface area contributed by atoms with E-state index in [2.05, 4.69) is 31.2 Å². The molecule has 4 rings (SSSR count). The molecule has 2 aliphatic rings. The Balaban J connectivity index is 1.60. The molecule has 0 aliphatic carbocycles. The van der Waals surface area contributed by atoms with Crippen LogP contribution in [0, 0.1) is 11.3 Å². The second kappa shape index (κ2) is 8.86. The molecular formula is C22H27FN8. The van der Waals surface area contributed by atoms with Gasteiger partial charge in [0.15, 0.2) is 17.5 Å². The normalized spacial score (nSPS) is 24.7. The summed E-state index contributed by atoms with van der Waals surface area (Å²) in [6, 6.07) is 8.98. The highest BCUT2D eigenvalue weighted by molar-refractivity contribution is 5.98. The molecule has 0 amide bonds. The molecule has 1 unspecified atom stereocenters. The highest BCUT2D eigenvalue weighted by Crippen LogP contribution is 2.37. The maximum absolute atomic E-state index is 14.0. The van der Waals surface area contributed by atoms with E-state index < -0.39 is 5.83 Å². The van der Waals surface area contributed by atoms with Gasteiger partial charge in [0.05, 0.1) is 11.6 Å². The molecule has 0 aromatic carbocycles. The number of hydrogen-bond donors (Lipinski definition) is 3. The molecule has 2 fully saturated rings. The quantitative estimate of drug-likeness (QED) is 0.482. The van der Waals surface area contributed by atoms with Crippen LogP contribution in [0.15, 0.2) is 40.9 Å². The van der Waals surface area contributed by atoms with Gasteiger partial charge in [-0.05, 0) is 44.7 Å². The van der Waals surface area contributed by atoms with Gasteiger partial charge in [-0.1, -0.05) is 0 Å². The predicted octanol–water partition coefficient (Wildman–Crippen LogP) is 3.10. The SMILES string of the molecule is C/C(N)=C(\F)C(N)=Nc1cc2ncccc2c(NC2C[C@H]3CC[C@@H](C2)N3CCC#N)n1. The summed E-state index contributed by atoms with van der Waals surface area (Å²) in [4.78, 5) is 15.6. The van der Waals surface area contributed by atoms with Gasteiger partial charge >= 0.3 is 0 Å². The van der Waals surface area contributed by atoms with Crippen LogP contribution in [0.25, 0.3) is 10.9 Å². The number of nitriles is 1. The van der Waals surface area contributed by atoms with Crippen molar-refractivity contribution in [3.05, 3.63) is 35.9 Å². The number of allylic oxidation sites excluding steroid dienone is 1. The van der Waals surface area contributed by atoms with E-state index in [4.69, 9.17) is 16.7 Å². The summed E-state index contributed by atoms with van der Waals surface area (Å²) < 4.78 is 14.0. The fourth-order valence-corrected chi connectivity index (χ4v) is 4.73. The van der Waals surface area contributed by atoms with Crippen molar-refractivity contribution in [1.82, 2.24) is 14.9 Å².